The zero-order chi connectivity index (χ0) is 12.3. The molecule has 0 saturated carbocycles. The van der Waals surface area contributed by atoms with E-state index < -0.39 is 11.5 Å². The summed E-state index contributed by atoms with van der Waals surface area (Å²) in [5.74, 6) is -0.954. The third kappa shape index (κ3) is 2.22. The van der Waals surface area contributed by atoms with Gasteiger partial charge in [0.1, 0.15) is 0 Å². The molecule has 0 spiro atoms. The lowest BCUT2D eigenvalue weighted by Crippen LogP contribution is -2.15. The molecule has 16 heavy (non-hydrogen) atoms. The van der Waals surface area contributed by atoms with Crippen LogP contribution in [0.25, 0.3) is 4.85 Å². The van der Waals surface area contributed by atoms with Crippen LogP contribution in [0, 0.1) is 6.57 Å². The quantitative estimate of drug-likeness (QED) is 0.790. The van der Waals surface area contributed by atoms with Gasteiger partial charge in [-0.1, -0.05) is 13.0 Å². The Bertz CT molecular complexity index is 455. The molecule has 3 nitrogen and oxygen atoms in total. The topological polar surface area (TPSA) is 41.7 Å². The third-order valence-corrected chi connectivity index (χ3v) is 2.68. The van der Waals surface area contributed by atoms with Crippen molar-refractivity contribution in [2.75, 3.05) is 0 Å². The second-order valence-electron chi connectivity index (χ2n) is 4.20. The van der Waals surface area contributed by atoms with Gasteiger partial charge in [0.15, 0.2) is 0 Å². The van der Waals surface area contributed by atoms with Crippen molar-refractivity contribution < 1.29 is 9.90 Å². The normalized spacial score (nSPS) is 10.9. The molecule has 1 aromatic carbocycles. The fraction of sp³-hybridized carbons (Fsp3) is 0.385. The summed E-state index contributed by atoms with van der Waals surface area (Å²) < 4.78 is 0. The van der Waals surface area contributed by atoms with Gasteiger partial charge in [-0.2, -0.15) is 0 Å². The molecule has 1 N–H and O–H groups in total. The minimum absolute atomic E-state index is 0.240. The molecule has 0 atom stereocenters. The van der Waals surface area contributed by atoms with E-state index in [0.717, 1.165) is 17.5 Å². The van der Waals surface area contributed by atoms with Crippen LogP contribution in [0.15, 0.2) is 18.2 Å². The lowest BCUT2D eigenvalue weighted by molar-refractivity contribution is 0.0696. The highest BCUT2D eigenvalue weighted by atomic mass is 16.4. The number of carboxylic acid groups (broad SMARTS) is 1. The van der Waals surface area contributed by atoms with Gasteiger partial charge in [0.05, 0.1) is 5.56 Å². The Kier molecular flexibility index (Phi) is 3.34. The summed E-state index contributed by atoms with van der Waals surface area (Å²) in [7, 11) is 0. The Morgan fingerprint density at radius 1 is 1.50 bits per heavy atom. The van der Waals surface area contributed by atoms with E-state index >= 15 is 0 Å². The maximum Gasteiger partial charge on any atom is 0.335 e. The molecule has 0 heterocycles. The second-order valence-corrected chi connectivity index (χ2v) is 4.20. The van der Waals surface area contributed by atoms with Crippen LogP contribution < -0.4 is 0 Å². The van der Waals surface area contributed by atoms with Gasteiger partial charge >= 0.3 is 5.97 Å². The predicted molar refractivity (Wildman–Crippen MR) is 62.4 cm³/mol. The number of nitrogens with zero attached hydrogens (tertiary/aromatic N) is 1. The van der Waals surface area contributed by atoms with E-state index in [1.807, 2.05) is 6.92 Å². The number of aryl methyl sites for hydroxylation is 1. The molecule has 0 saturated heterocycles. The van der Waals surface area contributed by atoms with E-state index in [4.69, 9.17) is 11.7 Å². The number of carbonyl (C=O) groups is 1. The van der Waals surface area contributed by atoms with Crippen molar-refractivity contribution in [1.82, 2.24) is 0 Å². The van der Waals surface area contributed by atoms with E-state index in [0.29, 0.717) is 0 Å². The van der Waals surface area contributed by atoms with Crippen LogP contribution in [-0.4, -0.2) is 11.1 Å². The minimum Gasteiger partial charge on any atom is -0.478 e. The minimum atomic E-state index is -0.954. The van der Waals surface area contributed by atoms with Crippen LogP contribution >= 0.6 is 0 Å². The third-order valence-electron chi connectivity index (χ3n) is 2.68. The van der Waals surface area contributed by atoms with Gasteiger partial charge in [0.25, 0.3) is 5.54 Å². The van der Waals surface area contributed by atoms with Gasteiger partial charge in [-0.3, -0.25) is 0 Å². The molecule has 0 unspecified atom stereocenters. The first-order valence-corrected chi connectivity index (χ1v) is 5.17. The van der Waals surface area contributed by atoms with Gasteiger partial charge in [0.2, 0.25) is 0 Å². The molecule has 84 valence electrons. The summed E-state index contributed by atoms with van der Waals surface area (Å²) in [6, 6.07) is 5.00. The first-order valence-electron chi connectivity index (χ1n) is 5.17. The maximum absolute atomic E-state index is 10.9. The monoisotopic (exact) mass is 217 g/mol. The molecule has 0 aliphatic rings. The summed E-state index contributed by atoms with van der Waals surface area (Å²) in [6.45, 7) is 12.8. The summed E-state index contributed by atoms with van der Waals surface area (Å²) in [6.07, 6.45) is 0.800. The molecule has 0 aliphatic carbocycles. The fourth-order valence-corrected chi connectivity index (χ4v) is 1.65. The Hall–Kier alpha value is -1.82. The van der Waals surface area contributed by atoms with Gasteiger partial charge in [0, 0.05) is 19.4 Å². The zero-order valence-electron chi connectivity index (χ0n) is 9.74. The van der Waals surface area contributed by atoms with Gasteiger partial charge < -0.3 is 9.95 Å². The largest absolute Gasteiger partial charge is 0.478 e. The van der Waals surface area contributed by atoms with Crippen molar-refractivity contribution in [2.45, 2.75) is 32.7 Å². The van der Waals surface area contributed by atoms with Crippen LogP contribution in [0.1, 0.15) is 42.3 Å². The first-order chi connectivity index (χ1) is 7.42. The number of rotatable bonds is 3. The summed E-state index contributed by atoms with van der Waals surface area (Å²) in [4.78, 5) is 14.4. The van der Waals surface area contributed by atoms with Crippen LogP contribution in [-0.2, 0) is 12.0 Å². The lowest BCUT2D eigenvalue weighted by Gasteiger charge is -2.16. The van der Waals surface area contributed by atoms with Gasteiger partial charge in [-0.05, 0) is 24.1 Å². The maximum atomic E-state index is 10.9. The smallest absolute Gasteiger partial charge is 0.335 e. The highest BCUT2D eigenvalue weighted by Crippen LogP contribution is 2.29. The van der Waals surface area contributed by atoms with E-state index in [2.05, 4.69) is 4.85 Å². The lowest BCUT2D eigenvalue weighted by atomic mass is 9.88. The van der Waals surface area contributed by atoms with Crippen LogP contribution in [0.3, 0.4) is 0 Å². The molecule has 0 radical (unpaired) electrons. The number of aromatic carboxylic acids is 1. The Morgan fingerprint density at radius 3 is 2.56 bits per heavy atom. The highest BCUT2D eigenvalue weighted by Gasteiger charge is 2.29. The number of hydrogen-bond acceptors (Lipinski definition) is 1. The Labute approximate surface area is 95.5 Å². The van der Waals surface area contributed by atoms with Gasteiger partial charge in [-0.25, -0.2) is 11.4 Å². The highest BCUT2D eigenvalue weighted by molar-refractivity contribution is 5.88. The number of benzene rings is 1. The van der Waals surface area contributed by atoms with E-state index in [1.54, 1.807) is 32.0 Å². The standard InChI is InChI=1S/C13H15NO2/c1-5-9-6-7-10(12(15)16)8-11(9)13(2,3)14-4/h6-8H,5H2,1-3H3,(H,15,16). The molecule has 0 aromatic heterocycles. The predicted octanol–water partition coefficient (Wildman–Crippen LogP) is 3.10. The Morgan fingerprint density at radius 2 is 2.12 bits per heavy atom. The molecule has 1 aromatic rings. The SMILES string of the molecule is [C-]#[N+]C(C)(C)c1cc(C(=O)O)ccc1CC. The summed E-state index contributed by atoms with van der Waals surface area (Å²) in [5, 5.41) is 8.93. The molecule has 0 amide bonds. The first kappa shape index (κ1) is 12.3. The molecule has 3 heteroatoms. The molecular formula is C13H15NO2. The van der Waals surface area contributed by atoms with Gasteiger partial charge in [-0.15, -0.1) is 0 Å². The van der Waals surface area contributed by atoms with Crippen LogP contribution in [0.5, 0.6) is 0 Å². The second kappa shape index (κ2) is 4.36. The number of hydrogen-bond donors (Lipinski definition) is 1. The van der Waals surface area contributed by atoms with Crippen molar-refractivity contribution >= 4 is 5.97 Å². The van der Waals surface area contributed by atoms with Crippen molar-refractivity contribution in [3.8, 4) is 0 Å². The van der Waals surface area contributed by atoms with Crippen LogP contribution in [0.2, 0.25) is 0 Å². The molecular weight excluding hydrogens is 202 g/mol. The molecule has 0 aliphatic heterocycles. The van der Waals surface area contributed by atoms with E-state index in [-0.39, 0.29) is 5.56 Å². The van der Waals surface area contributed by atoms with Crippen molar-refractivity contribution in [2.24, 2.45) is 0 Å². The molecule has 0 bridgehead atoms. The van der Waals surface area contributed by atoms with Crippen molar-refractivity contribution in [1.29, 1.82) is 0 Å². The summed E-state index contributed by atoms with van der Waals surface area (Å²) in [5.41, 5.74) is 1.41. The Balaban J connectivity index is 3.40. The zero-order valence-corrected chi connectivity index (χ0v) is 9.74. The van der Waals surface area contributed by atoms with E-state index in [9.17, 15) is 4.79 Å². The fourth-order valence-electron chi connectivity index (χ4n) is 1.65. The van der Waals surface area contributed by atoms with E-state index in [1.165, 1.54) is 0 Å². The summed E-state index contributed by atoms with van der Waals surface area (Å²) >= 11 is 0. The molecule has 0 fully saturated rings. The average Bonchev–Trinajstić information content (AvgIpc) is 2.28. The van der Waals surface area contributed by atoms with Crippen molar-refractivity contribution in [3.05, 3.63) is 46.3 Å². The van der Waals surface area contributed by atoms with Crippen molar-refractivity contribution in [3.63, 3.8) is 0 Å². The molecule has 1 rings (SSSR count). The average molecular weight is 217 g/mol. The number of carboxylic acids is 1. The van der Waals surface area contributed by atoms with Crippen LogP contribution in [0.4, 0.5) is 0 Å².